The van der Waals surface area contributed by atoms with E-state index in [2.05, 4.69) is 6.66 Å². The number of amides is 1. The van der Waals surface area contributed by atoms with E-state index < -0.39 is 0 Å². The zero-order valence-corrected chi connectivity index (χ0v) is 8.26. The van der Waals surface area contributed by atoms with Gasteiger partial charge in [-0.25, -0.2) is 0 Å². The Morgan fingerprint density at radius 3 is 2.36 bits per heavy atom. The molecule has 2 nitrogen and oxygen atoms in total. The second-order valence-corrected chi connectivity index (χ2v) is 4.46. The third kappa shape index (κ3) is 2.44. The Kier molecular flexibility index (Phi) is 3.32. The van der Waals surface area contributed by atoms with Crippen molar-refractivity contribution in [3.63, 3.8) is 0 Å². The Morgan fingerprint density at radius 1 is 1.45 bits per heavy atom. The van der Waals surface area contributed by atoms with Gasteiger partial charge in [-0.2, -0.15) is 0 Å². The first-order chi connectivity index (χ1) is 5.24. The lowest BCUT2D eigenvalue weighted by Crippen LogP contribution is -2.37. The molecule has 1 fully saturated rings. The number of carbonyl (C=O) groups is 1. The largest absolute Gasteiger partial charge is 0.343 e. The van der Waals surface area contributed by atoms with Crippen LogP contribution in [0.4, 0.5) is 0 Å². The summed E-state index contributed by atoms with van der Waals surface area (Å²) in [6.45, 7) is 5.89. The SMILES string of the molecule is CPC1CCN(C(C)=O)CC1. The Labute approximate surface area is 70.1 Å². The first-order valence-electron chi connectivity index (χ1n) is 4.17. The summed E-state index contributed by atoms with van der Waals surface area (Å²) in [5.41, 5.74) is 0.894. The zero-order chi connectivity index (χ0) is 8.27. The second-order valence-electron chi connectivity index (χ2n) is 3.07. The van der Waals surface area contributed by atoms with E-state index >= 15 is 0 Å². The lowest BCUT2D eigenvalue weighted by atomic mass is 10.1. The van der Waals surface area contributed by atoms with E-state index in [1.807, 2.05) is 4.90 Å². The molecular weight excluding hydrogens is 157 g/mol. The molecule has 3 heteroatoms. The number of carbonyl (C=O) groups excluding carboxylic acids is 1. The summed E-state index contributed by atoms with van der Waals surface area (Å²) in [5.74, 6) is 0.239. The van der Waals surface area contributed by atoms with Gasteiger partial charge in [-0.15, -0.1) is 8.58 Å². The molecule has 11 heavy (non-hydrogen) atoms. The van der Waals surface area contributed by atoms with Crippen LogP contribution in [0.25, 0.3) is 0 Å². The Bertz CT molecular complexity index is 141. The highest BCUT2D eigenvalue weighted by Crippen LogP contribution is 2.25. The minimum absolute atomic E-state index is 0.239. The minimum Gasteiger partial charge on any atom is -0.343 e. The lowest BCUT2D eigenvalue weighted by Gasteiger charge is -2.30. The number of hydrogen-bond donors (Lipinski definition) is 0. The third-order valence-electron chi connectivity index (χ3n) is 2.35. The van der Waals surface area contributed by atoms with Crippen LogP contribution in [0.15, 0.2) is 0 Å². The first kappa shape index (κ1) is 8.99. The average Bonchev–Trinajstić information content (AvgIpc) is 2.05. The maximum atomic E-state index is 10.9. The number of piperidine rings is 1. The molecule has 0 N–H and O–H groups in total. The number of nitrogens with zero attached hydrogens (tertiary/aromatic N) is 1. The van der Waals surface area contributed by atoms with Gasteiger partial charge < -0.3 is 4.90 Å². The highest BCUT2D eigenvalue weighted by molar-refractivity contribution is 7.37. The fourth-order valence-electron chi connectivity index (χ4n) is 1.48. The molecule has 1 heterocycles. The first-order valence-corrected chi connectivity index (χ1v) is 5.74. The minimum atomic E-state index is 0.239. The van der Waals surface area contributed by atoms with E-state index in [0.29, 0.717) is 0 Å². The van der Waals surface area contributed by atoms with Gasteiger partial charge in [0.05, 0.1) is 0 Å². The van der Waals surface area contributed by atoms with Crippen LogP contribution in [0.1, 0.15) is 19.8 Å². The molecule has 1 saturated heterocycles. The van der Waals surface area contributed by atoms with Gasteiger partial charge in [-0.05, 0) is 25.2 Å². The second kappa shape index (κ2) is 4.06. The average molecular weight is 173 g/mol. The van der Waals surface area contributed by atoms with Gasteiger partial charge in [0.1, 0.15) is 0 Å². The highest BCUT2D eigenvalue weighted by atomic mass is 31.1. The molecule has 64 valence electrons. The van der Waals surface area contributed by atoms with Crippen LogP contribution in [0, 0.1) is 0 Å². The number of likely N-dealkylation sites (tertiary alicyclic amines) is 1. The van der Waals surface area contributed by atoms with E-state index in [1.165, 1.54) is 12.8 Å². The monoisotopic (exact) mass is 173 g/mol. The molecule has 1 rings (SSSR count). The maximum absolute atomic E-state index is 10.9. The zero-order valence-electron chi connectivity index (χ0n) is 7.26. The predicted octanol–water partition coefficient (Wildman–Crippen LogP) is 1.31. The molecule has 0 radical (unpaired) electrons. The summed E-state index contributed by atoms with van der Waals surface area (Å²) >= 11 is 0. The molecule has 0 aromatic carbocycles. The smallest absolute Gasteiger partial charge is 0.219 e. The van der Waals surface area contributed by atoms with E-state index in [4.69, 9.17) is 0 Å². The van der Waals surface area contributed by atoms with Crippen LogP contribution in [-0.4, -0.2) is 36.2 Å². The molecule has 0 aromatic rings. The predicted molar refractivity (Wildman–Crippen MR) is 49.5 cm³/mol. The summed E-state index contributed by atoms with van der Waals surface area (Å²) in [6, 6.07) is 0. The van der Waals surface area contributed by atoms with Gasteiger partial charge in [0.15, 0.2) is 0 Å². The standard InChI is InChI=1S/C8H16NOP/c1-7(10)9-5-3-8(11-2)4-6-9/h8,11H,3-6H2,1-2H3. The van der Waals surface area contributed by atoms with Crippen LogP contribution in [0.3, 0.4) is 0 Å². The summed E-state index contributed by atoms with van der Waals surface area (Å²) in [6.07, 6.45) is 2.43. The van der Waals surface area contributed by atoms with E-state index in [-0.39, 0.29) is 5.91 Å². The molecule has 0 bridgehead atoms. The quantitative estimate of drug-likeness (QED) is 0.547. The summed E-state index contributed by atoms with van der Waals surface area (Å²) in [5, 5.41) is 0. The molecule has 0 aliphatic carbocycles. The van der Waals surface area contributed by atoms with Crippen molar-refractivity contribution in [2.75, 3.05) is 19.8 Å². The number of hydrogen-bond acceptors (Lipinski definition) is 1. The molecule has 1 amide bonds. The van der Waals surface area contributed by atoms with E-state index in [9.17, 15) is 4.79 Å². The topological polar surface area (TPSA) is 20.3 Å². The maximum Gasteiger partial charge on any atom is 0.219 e. The molecule has 0 aromatic heterocycles. The Morgan fingerprint density at radius 2 is 2.00 bits per heavy atom. The molecule has 0 spiro atoms. The van der Waals surface area contributed by atoms with Crippen molar-refractivity contribution >= 4 is 14.5 Å². The molecule has 1 unspecified atom stereocenters. The van der Waals surface area contributed by atoms with Crippen molar-refractivity contribution in [3.05, 3.63) is 0 Å². The van der Waals surface area contributed by atoms with Gasteiger partial charge in [-0.1, -0.05) is 0 Å². The summed E-state index contributed by atoms with van der Waals surface area (Å²) in [4.78, 5) is 12.9. The van der Waals surface area contributed by atoms with Crippen LogP contribution < -0.4 is 0 Å². The summed E-state index contributed by atoms with van der Waals surface area (Å²) in [7, 11) is 1.05. The summed E-state index contributed by atoms with van der Waals surface area (Å²) < 4.78 is 0. The van der Waals surface area contributed by atoms with Crippen molar-refractivity contribution in [3.8, 4) is 0 Å². The fraction of sp³-hybridized carbons (Fsp3) is 0.875. The Balaban J connectivity index is 2.30. The van der Waals surface area contributed by atoms with E-state index in [0.717, 1.165) is 27.3 Å². The van der Waals surface area contributed by atoms with Gasteiger partial charge in [-0.3, -0.25) is 4.79 Å². The third-order valence-corrected chi connectivity index (χ3v) is 3.74. The van der Waals surface area contributed by atoms with Crippen LogP contribution >= 0.6 is 8.58 Å². The Hall–Kier alpha value is -0.100. The molecule has 1 aliphatic heterocycles. The van der Waals surface area contributed by atoms with Crippen LogP contribution in [0.5, 0.6) is 0 Å². The van der Waals surface area contributed by atoms with Crippen LogP contribution in [0.2, 0.25) is 0 Å². The highest BCUT2D eigenvalue weighted by Gasteiger charge is 2.18. The van der Waals surface area contributed by atoms with Gasteiger partial charge in [0.2, 0.25) is 5.91 Å². The molecule has 1 atom stereocenters. The number of rotatable bonds is 1. The fourth-order valence-corrected chi connectivity index (χ4v) is 2.32. The van der Waals surface area contributed by atoms with Crippen molar-refractivity contribution in [1.82, 2.24) is 4.90 Å². The van der Waals surface area contributed by atoms with Crippen molar-refractivity contribution in [2.24, 2.45) is 0 Å². The van der Waals surface area contributed by atoms with Gasteiger partial charge in [0.25, 0.3) is 0 Å². The molecule has 1 aliphatic rings. The van der Waals surface area contributed by atoms with Crippen molar-refractivity contribution < 1.29 is 4.79 Å². The normalized spacial score (nSPS) is 21.5. The molecular formula is C8H16NOP. The molecule has 0 saturated carbocycles. The van der Waals surface area contributed by atoms with Gasteiger partial charge >= 0.3 is 0 Å². The van der Waals surface area contributed by atoms with Crippen molar-refractivity contribution in [1.29, 1.82) is 0 Å². The van der Waals surface area contributed by atoms with Crippen molar-refractivity contribution in [2.45, 2.75) is 25.4 Å². The van der Waals surface area contributed by atoms with E-state index in [1.54, 1.807) is 6.92 Å². The lowest BCUT2D eigenvalue weighted by molar-refractivity contribution is -0.129. The van der Waals surface area contributed by atoms with Gasteiger partial charge in [0, 0.05) is 20.0 Å². The van der Waals surface area contributed by atoms with Crippen LogP contribution in [-0.2, 0) is 4.79 Å².